The lowest BCUT2D eigenvalue weighted by Gasteiger charge is -2.14. The van der Waals surface area contributed by atoms with E-state index in [9.17, 15) is 4.79 Å². The average Bonchev–Trinajstić information content (AvgIpc) is 2.60. The Morgan fingerprint density at radius 2 is 1.88 bits per heavy atom. The third-order valence-corrected chi connectivity index (χ3v) is 4.05. The summed E-state index contributed by atoms with van der Waals surface area (Å²) in [5.41, 5.74) is 1.80. The van der Waals surface area contributed by atoms with Crippen molar-refractivity contribution in [3.8, 4) is 11.5 Å². The molecule has 1 amide bonds. The summed E-state index contributed by atoms with van der Waals surface area (Å²) in [5, 5.41) is 6.04. The monoisotopic (exact) mass is 428 g/mol. The fraction of sp³-hybridized carbons (Fsp3) is 0.278. The number of anilines is 1. The molecule has 0 aliphatic carbocycles. The second kappa shape index (κ2) is 11.0. The van der Waals surface area contributed by atoms with Gasteiger partial charge < -0.3 is 20.1 Å². The van der Waals surface area contributed by atoms with Crippen LogP contribution in [0.5, 0.6) is 11.5 Å². The van der Waals surface area contributed by atoms with Crippen LogP contribution in [0, 0.1) is 0 Å². The van der Waals surface area contributed by atoms with E-state index in [1.54, 1.807) is 7.11 Å². The molecule has 0 saturated heterocycles. The number of amides is 1. The number of nitrogens with one attached hydrogen (secondary N) is 2. The predicted molar refractivity (Wildman–Crippen MR) is 106 cm³/mol. The molecule has 2 aromatic carbocycles. The lowest BCUT2D eigenvalue weighted by molar-refractivity contribution is -0.118. The molecule has 0 heterocycles. The molecule has 136 valence electrons. The Morgan fingerprint density at radius 1 is 1.16 bits per heavy atom. The molecule has 0 spiro atoms. The number of benzene rings is 2. The van der Waals surface area contributed by atoms with Gasteiger partial charge >= 0.3 is 0 Å². The van der Waals surface area contributed by atoms with E-state index in [-0.39, 0.29) is 24.9 Å². The Balaban J connectivity index is 0.00000312. The SMILES string of the molecule is CCNCc1cc(OC)c(OCC(=O)Nc2ccccc2)cc1Br.Cl. The Kier molecular flexibility index (Phi) is 9.34. The van der Waals surface area contributed by atoms with E-state index in [1.165, 1.54) is 0 Å². The molecule has 0 radical (unpaired) electrons. The molecule has 7 heteroatoms. The molecule has 0 bridgehead atoms. The largest absolute Gasteiger partial charge is 0.493 e. The molecule has 0 fully saturated rings. The Hall–Kier alpha value is -1.76. The van der Waals surface area contributed by atoms with Crippen LogP contribution in [0.15, 0.2) is 46.9 Å². The molecular weight excluding hydrogens is 408 g/mol. The van der Waals surface area contributed by atoms with Crippen LogP contribution in [-0.2, 0) is 11.3 Å². The predicted octanol–water partition coefficient (Wildman–Crippen LogP) is 4.01. The topological polar surface area (TPSA) is 59.6 Å². The Bertz CT molecular complexity index is 684. The van der Waals surface area contributed by atoms with Crippen LogP contribution in [0.1, 0.15) is 12.5 Å². The highest BCUT2D eigenvalue weighted by atomic mass is 79.9. The summed E-state index contributed by atoms with van der Waals surface area (Å²) < 4.78 is 11.9. The quantitative estimate of drug-likeness (QED) is 0.666. The van der Waals surface area contributed by atoms with E-state index in [0.29, 0.717) is 11.5 Å². The second-order valence-electron chi connectivity index (χ2n) is 5.08. The van der Waals surface area contributed by atoms with Gasteiger partial charge in [-0.1, -0.05) is 41.1 Å². The Labute approximate surface area is 162 Å². The number of methoxy groups -OCH3 is 1. The highest BCUT2D eigenvalue weighted by molar-refractivity contribution is 9.10. The lowest BCUT2D eigenvalue weighted by atomic mass is 10.2. The van der Waals surface area contributed by atoms with E-state index in [0.717, 1.165) is 28.8 Å². The van der Waals surface area contributed by atoms with Crippen molar-refractivity contribution in [3.63, 3.8) is 0 Å². The van der Waals surface area contributed by atoms with Crippen molar-refractivity contribution in [2.75, 3.05) is 25.6 Å². The van der Waals surface area contributed by atoms with Crippen molar-refractivity contribution in [1.29, 1.82) is 0 Å². The molecule has 0 aliphatic rings. The van der Waals surface area contributed by atoms with Crippen molar-refractivity contribution in [3.05, 3.63) is 52.5 Å². The van der Waals surface area contributed by atoms with Gasteiger partial charge in [0, 0.05) is 16.7 Å². The maximum Gasteiger partial charge on any atom is 0.262 e. The van der Waals surface area contributed by atoms with Crippen LogP contribution in [0.2, 0.25) is 0 Å². The van der Waals surface area contributed by atoms with Crippen LogP contribution < -0.4 is 20.1 Å². The van der Waals surface area contributed by atoms with E-state index < -0.39 is 0 Å². The normalized spacial score (nSPS) is 9.88. The van der Waals surface area contributed by atoms with E-state index in [2.05, 4.69) is 26.6 Å². The van der Waals surface area contributed by atoms with Crippen LogP contribution in [0.4, 0.5) is 5.69 Å². The minimum absolute atomic E-state index is 0. The molecule has 0 atom stereocenters. The number of rotatable bonds is 8. The second-order valence-corrected chi connectivity index (χ2v) is 5.93. The average molecular weight is 430 g/mol. The zero-order chi connectivity index (χ0) is 17.4. The third-order valence-electron chi connectivity index (χ3n) is 3.31. The summed E-state index contributed by atoms with van der Waals surface area (Å²) in [5.74, 6) is 0.891. The van der Waals surface area contributed by atoms with Gasteiger partial charge in [-0.15, -0.1) is 12.4 Å². The van der Waals surface area contributed by atoms with Gasteiger partial charge in [0.05, 0.1) is 7.11 Å². The number of para-hydroxylation sites is 1. The molecule has 0 unspecified atom stereocenters. The number of carbonyl (C=O) groups excluding carboxylic acids is 1. The highest BCUT2D eigenvalue weighted by Gasteiger charge is 2.12. The van der Waals surface area contributed by atoms with Gasteiger partial charge in [-0.05, 0) is 36.4 Å². The number of hydrogen-bond donors (Lipinski definition) is 2. The summed E-state index contributed by atoms with van der Waals surface area (Å²) in [6.07, 6.45) is 0. The van der Waals surface area contributed by atoms with Crippen molar-refractivity contribution in [2.24, 2.45) is 0 Å². The molecule has 2 aromatic rings. The van der Waals surface area contributed by atoms with Crippen LogP contribution >= 0.6 is 28.3 Å². The zero-order valence-corrected chi connectivity index (χ0v) is 16.6. The van der Waals surface area contributed by atoms with Gasteiger partial charge in [-0.3, -0.25) is 4.79 Å². The molecule has 2 rings (SSSR count). The first-order chi connectivity index (χ1) is 11.6. The molecule has 25 heavy (non-hydrogen) atoms. The van der Waals surface area contributed by atoms with E-state index in [1.807, 2.05) is 49.4 Å². The highest BCUT2D eigenvalue weighted by Crippen LogP contribution is 2.33. The molecule has 5 nitrogen and oxygen atoms in total. The number of hydrogen-bond acceptors (Lipinski definition) is 4. The smallest absolute Gasteiger partial charge is 0.262 e. The summed E-state index contributed by atoms with van der Waals surface area (Å²) >= 11 is 3.53. The first-order valence-electron chi connectivity index (χ1n) is 7.68. The van der Waals surface area contributed by atoms with Crippen LogP contribution in [0.3, 0.4) is 0 Å². The van der Waals surface area contributed by atoms with E-state index >= 15 is 0 Å². The van der Waals surface area contributed by atoms with E-state index in [4.69, 9.17) is 9.47 Å². The Morgan fingerprint density at radius 3 is 2.52 bits per heavy atom. The standard InChI is InChI=1S/C18H21BrN2O3.ClH/c1-3-20-11-13-9-16(23-2)17(10-15(13)19)24-12-18(22)21-14-7-5-4-6-8-14;/h4-10,20H,3,11-12H2,1-2H3,(H,21,22);1H. The summed E-state index contributed by atoms with van der Waals surface area (Å²) in [6, 6.07) is 13.0. The van der Waals surface area contributed by atoms with Crippen LogP contribution in [0.25, 0.3) is 0 Å². The maximum atomic E-state index is 12.0. The van der Waals surface area contributed by atoms with Gasteiger partial charge in [0.15, 0.2) is 18.1 Å². The summed E-state index contributed by atoms with van der Waals surface area (Å²) in [4.78, 5) is 12.0. The minimum Gasteiger partial charge on any atom is -0.493 e. The van der Waals surface area contributed by atoms with Crippen molar-refractivity contribution in [2.45, 2.75) is 13.5 Å². The van der Waals surface area contributed by atoms with Gasteiger partial charge in [0.25, 0.3) is 5.91 Å². The molecule has 0 aliphatic heterocycles. The fourth-order valence-corrected chi connectivity index (χ4v) is 2.57. The lowest BCUT2D eigenvalue weighted by Crippen LogP contribution is -2.20. The molecule has 2 N–H and O–H groups in total. The number of carbonyl (C=O) groups is 1. The number of ether oxygens (including phenoxy) is 2. The van der Waals surface area contributed by atoms with Gasteiger partial charge in [-0.2, -0.15) is 0 Å². The fourth-order valence-electron chi connectivity index (χ4n) is 2.11. The van der Waals surface area contributed by atoms with Crippen molar-refractivity contribution in [1.82, 2.24) is 5.32 Å². The first-order valence-corrected chi connectivity index (χ1v) is 8.48. The number of halogens is 2. The first kappa shape index (κ1) is 21.3. The molecule has 0 saturated carbocycles. The molecular formula is C18H22BrClN2O3. The van der Waals surface area contributed by atoms with Crippen molar-refractivity contribution < 1.29 is 14.3 Å². The van der Waals surface area contributed by atoms with Crippen molar-refractivity contribution >= 4 is 39.9 Å². The van der Waals surface area contributed by atoms with Gasteiger partial charge in [-0.25, -0.2) is 0 Å². The van der Waals surface area contributed by atoms with Gasteiger partial charge in [0.2, 0.25) is 0 Å². The maximum absolute atomic E-state index is 12.0. The third kappa shape index (κ3) is 6.57. The summed E-state index contributed by atoms with van der Waals surface area (Å²) in [7, 11) is 1.58. The molecule has 0 aromatic heterocycles. The summed E-state index contributed by atoms with van der Waals surface area (Å²) in [6.45, 7) is 3.56. The minimum atomic E-state index is -0.226. The van der Waals surface area contributed by atoms with Crippen LogP contribution in [-0.4, -0.2) is 26.2 Å². The van der Waals surface area contributed by atoms with Gasteiger partial charge in [0.1, 0.15) is 0 Å². The zero-order valence-electron chi connectivity index (χ0n) is 14.2.